The molecule has 1 amide bonds. The van der Waals surface area contributed by atoms with Crippen LogP contribution in [0.4, 0.5) is 0 Å². The number of carbonyl (C=O) groups is 1. The molecule has 0 bridgehead atoms. The van der Waals surface area contributed by atoms with Gasteiger partial charge < -0.3 is 14.7 Å². The van der Waals surface area contributed by atoms with Gasteiger partial charge in [0.05, 0.1) is 41.0 Å². The summed E-state index contributed by atoms with van der Waals surface area (Å²) in [5.74, 6) is 0.148. The molecule has 0 radical (unpaired) electrons. The number of nitrogens with zero attached hydrogens (tertiary/aromatic N) is 2. The van der Waals surface area contributed by atoms with Crippen LogP contribution >= 0.6 is 11.3 Å². The van der Waals surface area contributed by atoms with Crippen LogP contribution in [0.3, 0.4) is 0 Å². The molecule has 2 aliphatic rings. The maximum Gasteiger partial charge on any atom is 0.223 e. The Hall–Kier alpha value is -1.50. The topological polar surface area (TPSA) is 62.7 Å². The number of ether oxygens (including phenoxy) is 1. The number of fused-ring (bicyclic) bond motifs is 1. The third-order valence-corrected chi connectivity index (χ3v) is 5.49. The Labute approximate surface area is 132 Å². The highest BCUT2D eigenvalue weighted by Crippen LogP contribution is 2.35. The van der Waals surface area contributed by atoms with Crippen molar-refractivity contribution in [1.82, 2.24) is 9.88 Å². The zero-order chi connectivity index (χ0) is 15.2. The summed E-state index contributed by atoms with van der Waals surface area (Å²) in [5, 5.41) is 10.6. The molecule has 1 atom stereocenters. The molecular weight excluding hydrogens is 300 g/mol. The highest BCUT2D eigenvalue weighted by Gasteiger charge is 2.50. The van der Waals surface area contributed by atoms with Crippen molar-refractivity contribution < 1.29 is 14.6 Å². The molecule has 22 heavy (non-hydrogen) atoms. The minimum absolute atomic E-state index is 0.148. The number of amides is 1. The first-order valence-electron chi connectivity index (χ1n) is 7.58. The van der Waals surface area contributed by atoms with E-state index in [1.807, 2.05) is 23.1 Å². The quantitative estimate of drug-likeness (QED) is 0.933. The summed E-state index contributed by atoms with van der Waals surface area (Å²) in [5.41, 5.74) is 0.733. The smallest absolute Gasteiger partial charge is 0.223 e. The number of thiazole rings is 1. The first-order chi connectivity index (χ1) is 10.6. The lowest BCUT2D eigenvalue weighted by Gasteiger charge is -2.47. The molecule has 0 saturated carbocycles. The fraction of sp³-hybridized carbons (Fsp3) is 0.500. The summed E-state index contributed by atoms with van der Waals surface area (Å²) in [6.07, 6.45) is 1.44. The van der Waals surface area contributed by atoms with Crippen molar-refractivity contribution >= 4 is 27.5 Å². The average molecular weight is 318 g/mol. The van der Waals surface area contributed by atoms with E-state index in [-0.39, 0.29) is 17.6 Å². The van der Waals surface area contributed by atoms with E-state index in [4.69, 9.17) is 4.74 Å². The zero-order valence-corrected chi connectivity index (χ0v) is 13.0. The van der Waals surface area contributed by atoms with E-state index in [0.717, 1.165) is 10.5 Å². The third-order valence-electron chi connectivity index (χ3n) is 4.39. The molecule has 2 aromatic rings. The number of aliphatic hydroxyl groups excluding tert-OH is 1. The second-order valence-electron chi connectivity index (χ2n) is 6.18. The lowest BCUT2D eigenvalue weighted by atomic mass is 9.90. The second kappa shape index (κ2) is 5.30. The van der Waals surface area contributed by atoms with Gasteiger partial charge in [-0.1, -0.05) is 12.1 Å². The van der Waals surface area contributed by atoms with Crippen LogP contribution in [0, 0.1) is 0 Å². The van der Waals surface area contributed by atoms with Crippen molar-refractivity contribution in [2.75, 3.05) is 19.7 Å². The molecule has 6 heteroatoms. The molecule has 1 N–H and O–H groups in total. The summed E-state index contributed by atoms with van der Waals surface area (Å²) in [6.45, 7) is 1.62. The Balaban J connectivity index is 1.32. The molecule has 116 valence electrons. The summed E-state index contributed by atoms with van der Waals surface area (Å²) >= 11 is 1.66. The standard InChI is InChI=1S/C16H18N2O3S/c19-11-7-16(21-8-11)9-18(10-16)15(20)6-5-14-17-12-3-1-2-4-13(12)22-14/h1-4,11,19H,5-10H2. The molecule has 3 heterocycles. The first-order valence-corrected chi connectivity index (χ1v) is 8.39. The maximum atomic E-state index is 12.2. The minimum atomic E-state index is -0.375. The predicted octanol–water partition coefficient (Wildman–Crippen LogP) is 1.59. The summed E-state index contributed by atoms with van der Waals surface area (Å²) in [4.78, 5) is 18.6. The number of benzene rings is 1. The summed E-state index contributed by atoms with van der Waals surface area (Å²) < 4.78 is 6.79. The normalized spacial score (nSPS) is 23.1. The molecule has 0 aliphatic carbocycles. The number of aryl methyl sites for hydroxylation is 1. The number of aromatic nitrogens is 1. The Bertz CT molecular complexity index is 675. The molecule has 5 nitrogen and oxygen atoms in total. The molecule has 2 fully saturated rings. The van der Waals surface area contributed by atoms with Crippen LogP contribution < -0.4 is 0 Å². The van der Waals surface area contributed by atoms with Gasteiger partial charge >= 0.3 is 0 Å². The van der Waals surface area contributed by atoms with Gasteiger partial charge in [-0.25, -0.2) is 4.98 Å². The van der Waals surface area contributed by atoms with E-state index in [1.165, 1.54) is 4.70 Å². The number of hydrogen-bond acceptors (Lipinski definition) is 5. The van der Waals surface area contributed by atoms with Crippen molar-refractivity contribution in [1.29, 1.82) is 0 Å². The van der Waals surface area contributed by atoms with Crippen molar-refractivity contribution in [2.24, 2.45) is 0 Å². The highest BCUT2D eigenvalue weighted by molar-refractivity contribution is 7.18. The highest BCUT2D eigenvalue weighted by atomic mass is 32.1. The van der Waals surface area contributed by atoms with Gasteiger partial charge in [-0.15, -0.1) is 11.3 Å². The molecule has 4 rings (SSSR count). The fourth-order valence-electron chi connectivity index (χ4n) is 3.27. The lowest BCUT2D eigenvalue weighted by Crippen LogP contribution is -2.63. The fourth-order valence-corrected chi connectivity index (χ4v) is 4.23. The third kappa shape index (κ3) is 2.51. The van der Waals surface area contributed by atoms with E-state index in [2.05, 4.69) is 11.1 Å². The van der Waals surface area contributed by atoms with Gasteiger partial charge in [0, 0.05) is 19.3 Å². The van der Waals surface area contributed by atoms with Crippen LogP contribution in [0.15, 0.2) is 24.3 Å². The second-order valence-corrected chi connectivity index (χ2v) is 7.29. The van der Waals surface area contributed by atoms with E-state index in [0.29, 0.717) is 39.0 Å². The van der Waals surface area contributed by atoms with Crippen LogP contribution in [0.5, 0.6) is 0 Å². The van der Waals surface area contributed by atoms with Crippen LogP contribution in [-0.4, -0.2) is 52.3 Å². The van der Waals surface area contributed by atoms with Gasteiger partial charge in [-0.3, -0.25) is 4.79 Å². The Morgan fingerprint density at radius 1 is 1.45 bits per heavy atom. The maximum absolute atomic E-state index is 12.2. The van der Waals surface area contributed by atoms with E-state index in [9.17, 15) is 9.90 Å². The Kier molecular flexibility index (Phi) is 3.40. The Morgan fingerprint density at radius 2 is 2.27 bits per heavy atom. The Morgan fingerprint density at radius 3 is 3.00 bits per heavy atom. The molecule has 1 aromatic heterocycles. The van der Waals surface area contributed by atoms with E-state index in [1.54, 1.807) is 11.3 Å². The number of aliphatic hydroxyl groups is 1. The zero-order valence-electron chi connectivity index (χ0n) is 12.2. The monoisotopic (exact) mass is 318 g/mol. The van der Waals surface area contributed by atoms with Gasteiger partial charge in [0.15, 0.2) is 0 Å². The molecular formula is C16H18N2O3S. The molecule has 1 aromatic carbocycles. The number of likely N-dealkylation sites (tertiary alicyclic amines) is 1. The van der Waals surface area contributed by atoms with E-state index < -0.39 is 0 Å². The van der Waals surface area contributed by atoms with Crippen LogP contribution in [0.2, 0.25) is 0 Å². The van der Waals surface area contributed by atoms with Gasteiger partial charge in [-0.05, 0) is 12.1 Å². The summed E-state index contributed by atoms with van der Waals surface area (Å²) in [6, 6.07) is 8.04. The number of carbonyl (C=O) groups excluding carboxylic acids is 1. The van der Waals surface area contributed by atoms with Crippen LogP contribution in [0.25, 0.3) is 10.2 Å². The molecule has 1 spiro atoms. The lowest BCUT2D eigenvalue weighted by molar-refractivity contribution is -0.157. The van der Waals surface area contributed by atoms with Crippen molar-refractivity contribution in [2.45, 2.75) is 31.0 Å². The molecule has 2 saturated heterocycles. The minimum Gasteiger partial charge on any atom is -0.391 e. The SMILES string of the molecule is O=C(CCc1nc2ccccc2s1)N1CC2(CC(O)CO2)C1. The number of para-hydroxylation sites is 1. The molecule has 1 unspecified atom stereocenters. The van der Waals surface area contributed by atoms with Crippen molar-refractivity contribution in [3.63, 3.8) is 0 Å². The van der Waals surface area contributed by atoms with Crippen molar-refractivity contribution in [3.8, 4) is 0 Å². The van der Waals surface area contributed by atoms with Gasteiger partial charge in [-0.2, -0.15) is 0 Å². The van der Waals surface area contributed by atoms with E-state index >= 15 is 0 Å². The first kappa shape index (κ1) is 14.1. The van der Waals surface area contributed by atoms with Gasteiger partial charge in [0.25, 0.3) is 0 Å². The predicted molar refractivity (Wildman–Crippen MR) is 83.8 cm³/mol. The number of hydrogen-bond donors (Lipinski definition) is 1. The largest absolute Gasteiger partial charge is 0.391 e. The average Bonchev–Trinajstić information content (AvgIpc) is 3.06. The van der Waals surface area contributed by atoms with Gasteiger partial charge in [0.1, 0.15) is 5.60 Å². The summed E-state index contributed by atoms with van der Waals surface area (Å²) in [7, 11) is 0. The van der Waals surface area contributed by atoms with Gasteiger partial charge in [0.2, 0.25) is 5.91 Å². The van der Waals surface area contributed by atoms with Crippen LogP contribution in [-0.2, 0) is 16.0 Å². The number of rotatable bonds is 3. The van der Waals surface area contributed by atoms with Crippen LogP contribution in [0.1, 0.15) is 17.8 Å². The molecule has 2 aliphatic heterocycles. The van der Waals surface area contributed by atoms with Crippen molar-refractivity contribution in [3.05, 3.63) is 29.3 Å².